The molecular weight excluding hydrogens is 246 g/mol. The van der Waals surface area contributed by atoms with Gasteiger partial charge in [-0.05, 0) is 32.0 Å². The summed E-state index contributed by atoms with van der Waals surface area (Å²) in [6, 6.07) is 10.1. The van der Waals surface area contributed by atoms with Crippen LogP contribution in [-0.4, -0.2) is 19.8 Å². The van der Waals surface area contributed by atoms with E-state index in [1.54, 1.807) is 0 Å². The van der Waals surface area contributed by atoms with Crippen molar-refractivity contribution in [3.63, 3.8) is 0 Å². The van der Waals surface area contributed by atoms with Crippen LogP contribution in [0.5, 0.6) is 0 Å². The van der Waals surface area contributed by atoms with E-state index in [1.807, 2.05) is 30.3 Å². The predicted octanol–water partition coefficient (Wildman–Crippen LogP) is 2.82. The molecule has 0 aromatic heterocycles. The van der Waals surface area contributed by atoms with Gasteiger partial charge >= 0.3 is 0 Å². The van der Waals surface area contributed by atoms with Gasteiger partial charge in [0.15, 0.2) is 0 Å². The topological polar surface area (TPSA) is 50.1 Å². The van der Waals surface area contributed by atoms with Crippen LogP contribution >= 0.6 is 11.6 Å². The van der Waals surface area contributed by atoms with Crippen LogP contribution < -0.4 is 16.4 Å². The summed E-state index contributed by atoms with van der Waals surface area (Å²) in [7, 11) is 1.50. The van der Waals surface area contributed by atoms with E-state index in [-0.39, 0.29) is 11.7 Å². The Morgan fingerprint density at radius 1 is 1.17 bits per heavy atom. The van der Waals surface area contributed by atoms with E-state index in [2.05, 4.69) is 30.2 Å². The lowest BCUT2D eigenvalue weighted by molar-refractivity contribution is 0.405. The predicted molar refractivity (Wildman–Crippen MR) is 80.7 cm³/mol. The van der Waals surface area contributed by atoms with Gasteiger partial charge < -0.3 is 11.1 Å². The molecule has 0 saturated carbocycles. The highest BCUT2D eigenvalue weighted by Crippen LogP contribution is 2.17. The third kappa shape index (κ3) is 6.97. The average molecular weight is 272 g/mol. The van der Waals surface area contributed by atoms with Crippen LogP contribution in [0, 0.1) is 0 Å². The summed E-state index contributed by atoms with van der Waals surface area (Å²) in [4.78, 5) is 0. The molecule has 2 atom stereocenters. The van der Waals surface area contributed by atoms with Gasteiger partial charge in [0, 0.05) is 0 Å². The Hall–Kier alpha value is -0.610. The molecule has 1 aromatic carbocycles. The highest BCUT2D eigenvalue weighted by molar-refractivity contribution is 6.20. The molecule has 4 N–H and O–H groups in total. The summed E-state index contributed by atoms with van der Waals surface area (Å²) in [6.45, 7) is 5.33. The number of hydrogen-bond acceptors (Lipinski definition) is 3. The van der Waals surface area contributed by atoms with Gasteiger partial charge in [0.1, 0.15) is 5.50 Å². The molecule has 0 aliphatic rings. The Balaban J connectivity index is 0.00000137. The van der Waals surface area contributed by atoms with E-state index >= 15 is 0 Å². The first-order chi connectivity index (χ1) is 8.77. The molecule has 0 saturated heterocycles. The van der Waals surface area contributed by atoms with Gasteiger partial charge in [-0.1, -0.05) is 44.2 Å². The maximum absolute atomic E-state index is 6.31. The fourth-order valence-electron chi connectivity index (χ4n) is 1.53. The molecule has 0 fully saturated rings. The van der Waals surface area contributed by atoms with Crippen LogP contribution in [0.2, 0.25) is 0 Å². The van der Waals surface area contributed by atoms with E-state index in [0.717, 1.165) is 24.9 Å². The number of rotatable bonds is 7. The second-order valence-corrected chi connectivity index (χ2v) is 4.29. The van der Waals surface area contributed by atoms with E-state index in [0.29, 0.717) is 0 Å². The normalized spacial score (nSPS) is 13.4. The molecule has 0 heterocycles. The Morgan fingerprint density at radius 3 is 2.28 bits per heavy atom. The molecule has 0 amide bonds. The zero-order valence-electron chi connectivity index (χ0n) is 11.6. The third-order valence-electron chi connectivity index (χ3n) is 2.49. The fraction of sp³-hybridized carbons (Fsp3) is 0.571. The molecule has 104 valence electrons. The molecule has 1 aromatic rings. The quantitative estimate of drug-likeness (QED) is 0.406. The Kier molecular flexibility index (Phi) is 11.1. The zero-order valence-corrected chi connectivity index (χ0v) is 12.4. The maximum atomic E-state index is 6.31. The number of hydrogen-bond donors (Lipinski definition) is 3. The molecule has 1 rings (SSSR count). The Morgan fingerprint density at radius 2 is 1.78 bits per heavy atom. The maximum Gasteiger partial charge on any atom is 0.109 e. The summed E-state index contributed by atoms with van der Waals surface area (Å²) >= 11 is 6.31. The molecule has 0 spiro atoms. The van der Waals surface area contributed by atoms with Gasteiger partial charge in [-0.3, -0.25) is 5.32 Å². The second kappa shape index (κ2) is 11.5. The number of nitrogens with one attached hydrogen (secondary N) is 2. The molecule has 0 aliphatic heterocycles. The van der Waals surface area contributed by atoms with Gasteiger partial charge in [0.2, 0.25) is 0 Å². The first kappa shape index (κ1) is 17.4. The van der Waals surface area contributed by atoms with Crippen LogP contribution in [0.25, 0.3) is 0 Å². The molecule has 18 heavy (non-hydrogen) atoms. The van der Waals surface area contributed by atoms with E-state index in [4.69, 9.17) is 11.6 Å². The lowest BCUT2D eigenvalue weighted by atomic mass is 10.2. The summed E-state index contributed by atoms with van der Waals surface area (Å²) in [5.41, 5.74) is 5.48. The van der Waals surface area contributed by atoms with Crippen molar-refractivity contribution in [3.05, 3.63) is 35.9 Å². The molecular formula is C14H26ClN3. The van der Waals surface area contributed by atoms with Crippen molar-refractivity contribution >= 4 is 11.6 Å². The molecule has 2 unspecified atom stereocenters. The number of benzene rings is 1. The zero-order chi connectivity index (χ0) is 13.8. The Bertz CT molecular complexity index is 280. The van der Waals surface area contributed by atoms with Crippen LogP contribution in [0.1, 0.15) is 37.8 Å². The average Bonchev–Trinajstić information content (AvgIpc) is 2.46. The summed E-state index contributed by atoms with van der Waals surface area (Å²) in [5.74, 6) is 0. The lowest BCUT2D eigenvalue weighted by Crippen LogP contribution is -2.42. The molecule has 0 bridgehead atoms. The number of halogens is 1. The SMILES string of the molecule is CCCNC(CC)NC(Cl)c1ccccc1.CN. The largest absolute Gasteiger partial charge is 0.333 e. The van der Waals surface area contributed by atoms with Gasteiger partial charge in [-0.15, -0.1) is 11.6 Å². The highest BCUT2D eigenvalue weighted by atomic mass is 35.5. The minimum Gasteiger partial charge on any atom is -0.333 e. The molecule has 0 aliphatic carbocycles. The molecule has 4 heteroatoms. The molecule has 3 nitrogen and oxygen atoms in total. The fourth-order valence-corrected chi connectivity index (χ4v) is 1.83. The van der Waals surface area contributed by atoms with Gasteiger partial charge in [-0.25, -0.2) is 0 Å². The van der Waals surface area contributed by atoms with Crippen LogP contribution in [-0.2, 0) is 0 Å². The van der Waals surface area contributed by atoms with Crippen molar-refractivity contribution in [2.75, 3.05) is 13.6 Å². The molecule has 0 radical (unpaired) electrons. The van der Waals surface area contributed by atoms with Crippen molar-refractivity contribution in [1.82, 2.24) is 10.6 Å². The van der Waals surface area contributed by atoms with Gasteiger partial charge in [-0.2, -0.15) is 0 Å². The van der Waals surface area contributed by atoms with Crippen LogP contribution in [0.15, 0.2) is 30.3 Å². The summed E-state index contributed by atoms with van der Waals surface area (Å²) in [5, 5.41) is 6.80. The lowest BCUT2D eigenvalue weighted by Gasteiger charge is -2.22. The van der Waals surface area contributed by atoms with Crippen molar-refractivity contribution in [3.8, 4) is 0 Å². The van der Waals surface area contributed by atoms with Crippen LogP contribution in [0.3, 0.4) is 0 Å². The third-order valence-corrected chi connectivity index (χ3v) is 2.87. The smallest absolute Gasteiger partial charge is 0.109 e. The van der Waals surface area contributed by atoms with E-state index < -0.39 is 0 Å². The van der Waals surface area contributed by atoms with Crippen molar-refractivity contribution in [2.24, 2.45) is 5.73 Å². The van der Waals surface area contributed by atoms with Crippen molar-refractivity contribution < 1.29 is 0 Å². The van der Waals surface area contributed by atoms with Gasteiger partial charge in [0.05, 0.1) is 6.17 Å². The summed E-state index contributed by atoms with van der Waals surface area (Å²) < 4.78 is 0. The van der Waals surface area contributed by atoms with Crippen LogP contribution in [0.4, 0.5) is 0 Å². The standard InChI is InChI=1S/C13H21ClN2.CH5N/c1-3-10-15-12(4-2)16-13(14)11-8-6-5-7-9-11;1-2/h5-9,12-13,15-16H,3-4,10H2,1-2H3;2H2,1H3. The number of nitrogens with two attached hydrogens (primary N) is 1. The van der Waals surface area contributed by atoms with Crippen molar-refractivity contribution in [2.45, 2.75) is 38.4 Å². The monoisotopic (exact) mass is 271 g/mol. The Labute approximate surface area is 116 Å². The van der Waals surface area contributed by atoms with E-state index in [1.165, 1.54) is 7.05 Å². The number of alkyl halides is 1. The minimum absolute atomic E-state index is 0.129. The van der Waals surface area contributed by atoms with E-state index in [9.17, 15) is 0 Å². The highest BCUT2D eigenvalue weighted by Gasteiger charge is 2.11. The second-order valence-electron chi connectivity index (χ2n) is 3.85. The first-order valence-electron chi connectivity index (χ1n) is 6.54. The minimum atomic E-state index is -0.129. The van der Waals surface area contributed by atoms with Gasteiger partial charge in [0.25, 0.3) is 0 Å². The van der Waals surface area contributed by atoms with Crippen molar-refractivity contribution in [1.29, 1.82) is 0 Å². The first-order valence-corrected chi connectivity index (χ1v) is 6.97. The summed E-state index contributed by atoms with van der Waals surface area (Å²) in [6.07, 6.45) is 2.44.